The number of rotatable bonds is 3. The van der Waals surface area contributed by atoms with E-state index in [1.807, 2.05) is 18.2 Å². The second-order valence-corrected chi connectivity index (χ2v) is 6.23. The maximum absolute atomic E-state index is 11.8. The molecule has 1 saturated heterocycles. The highest BCUT2D eigenvalue weighted by atomic mass is 16.3. The lowest BCUT2D eigenvalue weighted by atomic mass is 10.1. The SMILES string of the molecule is CNC(=O)C1CCN(Cc2cccc3c2oc2ccccc23)C1. The highest BCUT2D eigenvalue weighted by Gasteiger charge is 2.28. The molecular formula is C19H20N2O2. The van der Waals surface area contributed by atoms with Gasteiger partial charge in [-0.3, -0.25) is 9.69 Å². The first kappa shape index (κ1) is 14.3. The van der Waals surface area contributed by atoms with E-state index in [0.29, 0.717) is 0 Å². The molecule has 0 bridgehead atoms. The van der Waals surface area contributed by atoms with E-state index in [2.05, 4.69) is 34.5 Å². The Kier molecular flexibility index (Phi) is 3.54. The number of likely N-dealkylation sites (tertiary alicyclic amines) is 1. The van der Waals surface area contributed by atoms with Crippen LogP contribution in [0.3, 0.4) is 0 Å². The van der Waals surface area contributed by atoms with Crippen molar-refractivity contribution in [2.24, 2.45) is 5.92 Å². The van der Waals surface area contributed by atoms with Crippen molar-refractivity contribution in [3.05, 3.63) is 48.0 Å². The molecule has 1 fully saturated rings. The molecule has 3 aromatic rings. The number of furan rings is 1. The van der Waals surface area contributed by atoms with Crippen LogP contribution in [0.15, 0.2) is 46.9 Å². The molecule has 1 atom stereocenters. The molecule has 0 spiro atoms. The standard InChI is InChI=1S/C19H20N2O2/c1-20-19(22)14-9-10-21(12-14)11-13-5-4-7-16-15-6-2-3-8-17(15)23-18(13)16/h2-8,14H,9-12H2,1H3,(H,20,22). The van der Waals surface area contributed by atoms with Crippen LogP contribution in [-0.2, 0) is 11.3 Å². The van der Waals surface area contributed by atoms with Gasteiger partial charge in [0.2, 0.25) is 5.91 Å². The van der Waals surface area contributed by atoms with E-state index in [1.165, 1.54) is 10.9 Å². The van der Waals surface area contributed by atoms with E-state index in [1.54, 1.807) is 7.05 Å². The van der Waals surface area contributed by atoms with Crippen LogP contribution in [0, 0.1) is 5.92 Å². The molecule has 1 amide bonds. The van der Waals surface area contributed by atoms with Crippen molar-refractivity contribution in [1.82, 2.24) is 10.2 Å². The van der Waals surface area contributed by atoms with Crippen molar-refractivity contribution in [1.29, 1.82) is 0 Å². The quantitative estimate of drug-likeness (QED) is 0.808. The zero-order valence-corrected chi connectivity index (χ0v) is 13.2. The van der Waals surface area contributed by atoms with Crippen LogP contribution in [-0.4, -0.2) is 30.9 Å². The molecular weight excluding hydrogens is 288 g/mol. The molecule has 1 aromatic heterocycles. The van der Waals surface area contributed by atoms with Crippen LogP contribution in [0.4, 0.5) is 0 Å². The number of hydrogen-bond acceptors (Lipinski definition) is 3. The maximum atomic E-state index is 11.8. The van der Waals surface area contributed by atoms with Crippen LogP contribution in [0.1, 0.15) is 12.0 Å². The number of carbonyl (C=O) groups excluding carboxylic acids is 1. The van der Waals surface area contributed by atoms with E-state index >= 15 is 0 Å². The average molecular weight is 308 g/mol. The summed E-state index contributed by atoms with van der Waals surface area (Å²) in [5.74, 6) is 0.254. The van der Waals surface area contributed by atoms with E-state index in [-0.39, 0.29) is 11.8 Å². The molecule has 1 aliphatic heterocycles. The first-order valence-corrected chi connectivity index (χ1v) is 8.09. The summed E-state index contributed by atoms with van der Waals surface area (Å²) >= 11 is 0. The van der Waals surface area contributed by atoms with Gasteiger partial charge in [-0.1, -0.05) is 36.4 Å². The van der Waals surface area contributed by atoms with Gasteiger partial charge in [0.1, 0.15) is 11.2 Å². The van der Waals surface area contributed by atoms with Crippen LogP contribution in [0.5, 0.6) is 0 Å². The molecule has 0 aliphatic carbocycles. The Morgan fingerprint density at radius 1 is 1.22 bits per heavy atom. The van der Waals surface area contributed by atoms with Gasteiger partial charge in [0.15, 0.2) is 0 Å². The summed E-state index contributed by atoms with van der Waals surface area (Å²) in [6.07, 6.45) is 0.926. The summed E-state index contributed by atoms with van der Waals surface area (Å²) in [6.45, 7) is 2.59. The van der Waals surface area contributed by atoms with Crippen LogP contribution < -0.4 is 5.32 Å². The van der Waals surface area contributed by atoms with Gasteiger partial charge in [0, 0.05) is 36.5 Å². The van der Waals surface area contributed by atoms with Gasteiger partial charge in [-0.2, -0.15) is 0 Å². The molecule has 0 radical (unpaired) electrons. The number of fused-ring (bicyclic) bond motifs is 3. The molecule has 2 aromatic carbocycles. The summed E-state index contributed by atoms with van der Waals surface area (Å²) in [5, 5.41) is 5.08. The molecule has 2 heterocycles. The highest BCUT2D eigenvalue weighted by Crippen LogP contribution is 2.31. The summed E-state index contributed by atoms with van der Waals surface area (Å²) in [6, 6.07) is 14.5. The van der Waals surface area contributed by atoms with E-state index in [9.17, 15) is 4.79 Å². The molecule has 4 nitrogen and oxygen atoms in total. The monoisotopic (exact) mass is 308 g/mol. The molecule has 118 valence electrons. The van der Waals surface area contributed by atoms with Crippen molar-refractivity contribution in [3.8, 4) is 0 Å². The average Bonchev–Trinajstić information content (AvgIpc) is 3.19. The fourth-order valence-corrected chi connectivity index (χ4v) is 3.57. The number of nitrogens with one attached hydrogen (secondary N) is 1. The zero-order valence-electron chi connectivity index (χ0n) is 13.2. The normalized spacial score (nSPS) is 18.7. The molecule has 1 N–H and O–H groups in total. The molecule has 0 saturated carbocycles. The third kappa shape index (κ3) is 2.49. The Balaban J connectivity index is 1.64. The fraction of sp³-hybridized carbons (Fsp3) is 0.316. The Morgan fingerprint density at radius 3 is 2.91 bits per heavy atom. The lowest BCUT2D eigenvalue weighted by Gasteiger charge is -2.15. The van der Waals surface area contributed by atoms with Gasteiger partial charge in [-0.05, 0) is 19.0 Å². The van der Waals surface area contributed by atoms with Gasteiger partial charge in [-0.25, -0.2) is 0 Å². The second-order valence-electron chi connectivity index (χ2n) is 6.23. The van der Waals surface area contributed by atoms with Gasteiger partial charge in [-0.15, -0.1) is 0 Å². The lowest BCUT2D eigenvalue weighted by Crippen LogP contribution is -2.30. The Labute approximate surface area is 135 Å². The topological polar surface area (TPSA) is 45.5 Å². The Hall–Kier alpha value is -2.33. The van der Waals surface area contributed by atoms with Gasteiger partial charge < -0.3 is 9.73 Å². The zero-order chi connectivity index (χ0) is 15.8. The van der Waals surface area contributed by atoms with Crippen molar-refractivity contribution in [2.75, 3.05) is 20.1 Å². The number of hydrogen-bond donors (Lipinski definition) is 1. The second kappa shape index (κ2) is 5.70. The van der Waals surface area contributed by atoms with Crippen molar-refractivity contribution >= 4 is 27.8 Å². The van der Waals surface area contributed by atoms with Crippen LogP contribution >= 0.6 is 0 Å². The fourth-order valence-electron chi connectivity index (χ4n) is 3.57. The third-order valence-corrected chi connectivity index (χ3v) is 4.77. The van der Waals surface area contributed by atoms with E-state index < -0.39 is 0 Å². The number of amides is 1. The van der Waals surface area contributed by atoms with Gasteiger partial charge in [0.05, 0.1) is 5.92 Å². The van der Waals surface area contributed by atoms with E-state index in [4.69, 9.17) is 4.42 Å². The molecule has 1 aliphatic rings. The predicted octanol–water partition coefficient (Wildman–Crippen LogP) is 3.15. The van der Waals surface area contributed by atoms with Gasteiger partial charge >= 0.3 is 0 Å². The first-order chi connectivity index (χ1) is 11.3. The van der Waals surface area contributed by atoms with Crippen molar-refractivity contribution in [3.63, 3.8) is 0 Å². The van der Waals surface area contributed by atoms with Crippen molar-refractivity contribution in [2.45, 2.75) is 13.0 Å². The maximum Gasteiger partial charge on any atom is 0.224 e. The summed E-state index contributed by atoms with van der Waals surface area (Å²) in [7, 11) is 1.71. The predicted molar refractivity (Wildman–Crippen MR) is 91.2 cm³/mol. The minimum Gasteiger partial charge on any atom is -0.456 e. The minimum atomic E-state index is 0.106. The van der Waals surface area contributed by atoms with Crippen LogP contribution in [0.2, 0.25) is 0 Å². The minimum absolute atomic E-state index is 0.106. The number of benzene rings is 2. The first-order valence-electron chi connectivity index (χ1n) is 8.09. The number of para-hydroxylation sites is 2. The Bertz CT molecular complexity index is 868. The molecule has 1 unspecified atom stereocenters. The summed E-state index contributed by atoms with van der Waals surface area (Å²) in [4.78, 5) is 14.1. The molecule has 4 rings (SSSR count). The van der Waals surface area contributed by atoms with Crippen molar-refractivity contribution < 1.29 is 9.21 Å². The number of nitrogens with zero attached hydrogens (tertiary/aromatic N) is 1. The molecule has 4 heteroatoms. The largest absolute Gasteiger partial charge is 0.456 e. The highest BCUT2D eigenvalue weighted by molar-refractivity contribution is 6.05. The molecule has 23 heavy (non-hydrogen) atoms. The Morgan fingerprint density at radius 2 is 2.04 bits per heavy atom. The summed E-state index contributed by atoms with van der Waals surface area (Å²) < 4.78 is 6.08. The van der Waals surface area contributed by atoms with Gasteiger partial charge in [0.25, 0.3) is 0 Å². The third-order valence-electron chi connectivity index (χ3n) is 4.77. The lowest BCUT2D eigenvalue weighted by molar-refractivity contribution is -0.124. The van der Waals surface area contributed by atoms with Crippen LogP contribution in [0.25, 0.3) is 21.9 Å². The van der Waals surface area contributed by atoms with E-state index in [0.717, 1.165) is 42.6 Å². The summed E-state index contributed by atoms with van der Waals surface area (Å²) in [5.41, 5.74) is 3.09. The number of carbonyl (C=O) groups is 1. The smallest absolute Gasteiger partial charge is 0.224 e.